The lowest BCUT2D eigenvalue weighted by atomic mass is 10.2. The molecule has 0 amide bonds. The first kappa shape index (κ1) is 8.71. The molecule has 0 unspecified atom stereocenters. The highest BCUT2D eigenvalue weighted by Crippen LogP contribution is 2.19. The normalized spacial score (nSPS) is 10.4. The van der Waals surface area contributed by atoms with Crippen LogP contribution >= 0.6 is 0 Å². The first-order valence-electron chi connectivity index (χ1n) is 4.20. The molecule has 1 heterocycles. The van der Waals surface area contributed by atoms with Crippen molar-refractivity contribution in [3.63, 3.8) is 0 Å². The van der Waals surface area contributed by atoms with Crippen LogP contribution in [0.2, 0.25) is 0 Å². The molecule has 72 valence electrons. The Morgan fingerprint density at radius 1 is 1.43 bits per heavy atom. The van der Waals surface area contributed by atoms with Crippen molar-refractivity contribution < 1.29 is 5.11 Å². The van der Waals surface area contributed by atoms with Gasteiger partial charge in [0, 0.05) is 12.1 Å². The van der Waals surface area contributed by atoms with Crippen molar-refractivity contribution in [1.82, 2.24) is 15.0 Å². The summed E-state index contributed by atoms with van der Waals surface area (Å²) >= 11 is 0. The molecule has 0 aliphatic rings. The Bertz CT molecular complexity index is 424. The maximum Gasteiger partial charge on any atom is 0.120 e. The molecular weight excluding hydrogens is 180 g/mol. The number of aromatic nitrogens is 3. The van der Waals surface area contributed by atoms with E-state index in [1.54, 1.807) is 35.3 Å². The summed E-state index contributed by atoms with van der Waals surface area (Å²) in [7, 11) is 0. The number of hydrogen-bond donors (Lipinski definition) is 2. The van der Waals surface area contributed by atoms with Gasteiger partial charge in [-0.25, -0.2) is 4.68 Å². The van der Waals surface area contributed by atoms with Crippen molar-refractivity contribution in [3.8, 4) is 11.4 Å². The third-order valence-electron chi connectivity index (χ3n) is 1.97. The second kappa shape index (κ2) is 3.47. The molecule has 1 aromatic carbocycles. The molecule has 2 aromatic rings. The van der Waals surface area contributed by atoms with Gasteiger partial charge in [0.25, 0.3) is 0 Å². The highest BCUT2D eigenvalue weighted by Gasteiger charge is 2.02. The van der Waals surface area contributed by atoms with E-state index >= 15 is 0 Å². The molecule has 0 spiro atoms. The highest BCUT2D eigenvalue weighted by atomic mass is 16.3. The van der Waals surface area contributed by atoms with Gasteiger partial charge in [-0.3, -0.25) is 0 Å². The number of aromatic hydroxyl groups is 1. The predicted octanol–water partition coefficient (Wildman–Crippen LogP) is 0.432. The summed E-state index contributed by atoms with van der Waals surface area (Å²) in [5.41, 5.74) is 6.99. The van der Waals surface area contributed by atoms with E-state index in [1.165, 1.54) is 0 Å². The molecule has 2 rings (SSSR count). The van der Waals surface area contributed by atoms with Gasteiger partial charge in [-0.15, -0.1) is 5.10 Å². The van der Waals surface area contributed by atoms with Gasteiger partial charge in [-0.1, -0.05) is 5.21 Å². The second-order valence-corrected chi connectivity index (χ2v) is 2.86. The number of nitrogens with zero attached hydrogens (tertiary/aromatic N) is 3. The highest BCUT2D eigenvalue weighted by molar-refractivity contribution is 5.42. The standard InChI is InChI=1S/C9H10N4O/c10-6-7-5-8(1-2-9(7)14)13-4-3-11-12-13/h1-5,14H,6,10H2. The quantitative estimate of drug-likeness (QED) is 0.720. The van der Waals surface area contributed by atoms with Gasteiger partial charge in [0.05, 0.1) is 18.1 Å². The lowest BCUT2D eigenvalue weighted by Crippen LogP contribution is -2.00. The zero-order valence-corrected chi connectivity index (χ0v) is 7.46. The molecule has 5 nitrogen and oxygen atoms in total. The van der Waals surface area contributed by atoms with Crippen LogP contribution in [0.4, 0.5) is 0 Å². The smallest absolute Gasteiger partial charge is 0.120 e. The molecule has 0 radical (unpaired) electrons. The minimum absolute atomic E-state index is 0.205. The second-order valence-electron chi connectivity index (χ2n) is 2.86. The molecule has 0 bridgehead atoms. The number of phenolic OH excluding ortho intramolecular Hbond substituents is 1. The van der Waals surface area contributed by atoms with Gasteiger partial charge in [0.1, 0.15) is 5.75 Å². The van der Waals surface area contributed by atoms with Crippen molar-refractivity contribution in [3.05, 3.63) is 36.2 Å². The Hall–Kier alpha value is -1.88. The van der Waals surface area contributed by atoms with Crippen LogP contribution in [0, 0.1) is 0 Å². The molecular formula is C9H10N4O. The van der Waals surface area contributed by atoms with E-state index in [2.05, 4.69) is 10.3 Å². The Labute approximate surface area is 80.8 Å². The Morgan fingerprint density at radius 2 is 2.29 bits per heavy atom. The van der Waals surface area contributed by atoms with Crippen LogP contribution < -0.4 is 5.73 Å². The van der Waals surface area contributed by atoms with Crippen molar-refractivity contribution in [2.75, 3.05) is 0 Å². The van der Waals surface area contributed by atoms with Crippen LogP contribution in [0.3, 0.4) is 0 Å². The third kappa shape index (κ3) is 1.45. The van der Waals surface area contributed by atoms with Crippen molar-refractivity contribution in [2.45, 2.75) is 6.54 Å². The maximum atomic E-state index is 9.41. The Balaban J connectivity index is 2.46. The molecule has 0 fully saturated rings. The van der Waals surface area contributed by atoms with E-state index in [4.69, 9.17) is 5.73 Å². The van der Waals surface area contributed by atoms with Crippen molar-refractivity contribution in [2.24, 2.45) is 5.73 Å². The summed E-state index contributed by atoms with van der Waals surface area (Å²) in [5.74, 6) is 0.205. The molecule has 3 N–H and O–H groups in total. The van der Waals surface area contributed by atoms with E-state index in [-0.39, 0.29) is 5.75 Å². The van der Waals surface area contributed by atoms with Gasteiger partial charge in [0.15, 0.2) is 0 Å². The van der Waals surface area contributed by atoms with Crippen LogP contribution in [0.1, 0.15) is 5.56 Å². The lowest BCUT2D eigenvalue weighted by Gasteiger charge is -2.04. The number of benzene rings is 1. The monoisotopic (exact) mass is 190 g/mol. The largest absolute Gasteiger partial charge is 0.508 e. The van der Waals surface area contributed by atoms with E-state index in [0.717, 1.165) is 5.69 Å². The van der Waals surface area contributed by atoms with Crippen LogP contribution in [0.15, 0.2) is 30.6 Å². The molecule has 14 heavy (non-hydrogen) atoms. The van der Waals surface area contributed by atoms with Crippen molar-refractivity contribution >= 4 is 0 Å². The summed E-state index contributed by atoms with van der Waals surface area (Å²) in [6.07, 6.45) is 3.32. The van der Waals surface area contributed by atoms with Gasteiger partial charge >= 0.3 is 0 Å². The summed E-state index contributed by atoms with van der Waals surface area (Å²) in [6, 6.07) is 5.13. The molecule has 0 saturated heterocycles. The number of phenols is 1. The zero-order chi connectivity index (χ0) is 9.97. The fraction of sp³-hybridized carbons (Fsp3) is 0.111. The van der Waals surface area contributed by atoms with Gasteiger partial charge in [-0.05, 0) is 18.2 Å². The Kier molecular flexibility index (Phi) is 2.16. The summed E-state index contributed by atoms with van der Waals surface area (Å²) in [6.45, 7) is 0.300. The minimum atomic E-state index is 0.205. The molecule has 0 atom stereocenters. The van der Waals surface area contributed by atoms with Crippen molar-refractivity contribution in [1.29, 1.82) is 0 Å². The summed E-state index contributed by atoms with van der Waals surface area (Å²) < 4.78 is 1.61. The Morgan fingerprint density at radius 3 is 2.93 bits per heavy atom. The summed E-state index contributed by atoms with van der Waals surface area (Å²) in [4.78, 5) is 0. The number of rotatable bonds is 2. The van der Waals surface area contributed by atoms with Crippen LogP contribution in [-0.2, 0) is 6.54 Å². The van der Waals surface area contributed by atoms with Gasteiger partial charge < -0.3 is 10.8 Å². The third-order valence-corrected chi connectivity index (χ3v) is 1.97. The fourth-order valence-corrected chi connectivity index (χ4v) is 1.22. The van der Waals surface area contributed by atoms with Crippen LogP contribution in [0.5, 0.6) is 5.75 Å². The van der Waals surface area contributed by atoms with Gasteiger partial charge in [-0.2, -0.15) is 0 Å². The van der Waals surface area contributed by atoms with E-state index in [0.29, 0.717) is 12.1 Å². The van der Waals surface area contributed by atoms with Crippen LogP contribution in [0.25, 0.3) is 5.69 Å². The lowest BCUT2D eigenvalue weighted by molar-refractivity contribution is 0.468. The number of nitrogens with two attached hydrogens (primary N) is 1. The average Bonchev–Trinajstić information content (AvgIpc) is 2.71. The average molecular weight is 190 g/mol. The maximum absolute atomic E-state index is 9.41. The van der Waals surface area contributed by atoms with Gasteiger partial charge in [0.2, 0.25) is 0 Å². The molecule has 1 aromatic heterocycles. The SMILES string of the molecule is NCc1cc(-n2ccnn2)ccc1O. The number of hydrogen-bond acceptors (Lipinski definition) is 4. The fourth-order valence-electron chi connectivity index (χ4n) is 1.22. The van der Waals surface area contributed by atoms with E-state index in [1.807, 2.05) is 0 Å². The van der Waals surface area contributed by atoms with E-state index < -0.39 is 0 Å². The first-order chi connectivity index (χ1) is 6.81. The van der Waals surface area contributed by atoms with Crippen LogP contribution in [-0.4, -0.2) is 20.1 Å². The molecule has 0 aliphatic carbocycles. The minimum Gasteiger partial charge on any atom is -0.508 e. The topological polar surface area (TPSA) is 77.0 Å². The zero-order valence-electron chi connectivity index (χ0n) is 7.46. The molecule has 0 saturated carbocycles. The summed E-state index contributed by atoms with van der Waals surface area (Å²) in [5, 5.41) is 16.9. The predicted molar refractivity (Wildman–Crippen MR) is 50.9 cm³/mol. The molecule has 0 aliphatic heterocycles. The van der Waals surface area contributed by atoms with E-state index in [9.17, 15) is 5.11 Å². The first-order valence-corrected chi connectivity index (χ1v) is 4.20. The molecule has 5 heteroatoms.